The van der Waals surface area contributed by atoms with Crippen molar-refractivity contribution in [2.75, 3.05) is 14.2 Å². The van der Waals surface area contributed by atoms with Gasteiger partial charge in [0.25, 0.3) is 5.91 Å². The third kappa shape index (κ3) is 3.74. The van der Waals surface area contributed by atoms with Crippen molar-refractivity contribution < 1.29 is 23.9 Å². The summed E-state index contributed by atoms with van der Waals surface area (Å²) in [5.41, 5.74) is 0.0343. The van der Waals surface area contributed by atoms with Crippen molar-refractivity contribution in [2.45, 2.75) is 77.0 Å². The van der Waals surface area contributed by atoms with E-state index < -0.39 is 22.6 Å². The molecule has 1 heterocycles. The number of amides is 2. The van der Waals surface area contributed by atoms with Crippen molar-refractivity contribution in [3.63, 3.8) is 0 Å². The van der Waals surface area contributed by atoms with E-state index in [1.807, 2.05) is 18.2 Å². The predicted octanol–water partition coefficient (Wildman–Crippen LogP) is 3.57. The van der Waals surface area contributed by atoms with E-state index in [1.165, 1.54) is 11.8 Å². The van der Waals surface area contributed by atoms with Gasteiger partial charge in [0.1, 0.15) is 5.60 Å². The van der Waals surface area contributed by atoms with E-state index in [4.69, 9.17) is 14.5 Å². The highest BCUT2D eigenvalue weighted by molar-refractivity contribution is 6.12. The number of ketones is 1. The fraction of sp³-hybridized carbons (Fsp3) is 0.600. The molecule has 178 valence electrons. The number of carbonyl (C=O) groups excluding carboxylic acids is 3. The Morgan fingerprint density at radius 3 is 2.45 bits per heavy atom. The van der Waals surface area contributed by atoms with Crippen LogP contribution < -0.4 is 5.32 Å². The van der Waals surface area contributed by atoms with Crippen LogP contribution >= 0.6 is 0 Å². The maximum atomic E-state index is 14.0. The second-order valence-electron chi connectivity index (χ2n) is 10.5. The van der Waals surface area contributed by atoms with E-state index >= 15 is 0 Å². The van der Waals surface area contributed by atoms with Crippen molar-refractivity contribution in [3.05, 3.63) is 34.9 Å². The quantitative estimate of drug-likeness (QED) is 0.688. The number of nitrogens with one attached hydrogen (secondary N) is 1. The Balaban J connectivity index is 1.82. The average Bonchev–Trinajstić information content (AvgIpc) is 3.14. The maximum absolute atomic E-state index is 14.0. The van der Waals surface area contributed by atoms with Crippen molar-refractivity contribution in [3.8, 4) is 0 Å². The normalized spacial score (nSPS) is 28.8. The number of rotatable bonds is 2. The topological polar surface area (TPSA) is 97.3 Å². The van der Waals surface area contributed by atoms with E-state index in [0.717, 1.165) is 36.8 Å². The molecule has 1 aliphatic heterocycles. The van der Waals surface area contributed by atoms with E-state index in [2.05, 4.69) is 5.32 Å². The summed E-state index contributed by atoms with van der Waals surface area (Å²) in [6, 6.07) is 5.59. The Kier molecular flexibility index (Phi) is 5.63. The monoisotopic (exact) mass is 455 g/mol. The smallest absolute Gasteiger partial charge is 0.414 e. The van der Waals surface area contributed by atoms with E-state index in [0.29, 0.717) is 12.0 Å². The molecule has 8 nitrogen and oxygen atoms in total. The number of nitrogens with zero attached hydrogens (tertiary/aromatic N) is 2. The zero-order chi connectivity index (χ0) is 24.2. The first kappa shape index (κ1) is 23.4. The van der Waals surface area contributed by atoms with Crippen LogP contribution in [0, 0.1) is 5.41 Å². The molecule has 1 atom stereocenters. The van der Waals surface area contributed by atoms with Gasteiger partial charge < -0.3 is 9.47 Å². The second kappa shape index (κ2) is 7.94. The van der Waals surface area contributed by atoms with Gasteiger partial charge >= 0.3 is 6.09 Å². The molecule has 2 amide bonds. The Morgan fingerprint density at radius 1 is 1.21 bits per heavy atom. The number of likely N-dealkylation sites (N-methyl/N-ethyl adjacent to an activating group) is 1. The molecule has 33 heavy (non-hydrogen) atoms. The van der Waals surface area contributed by atoms with Crippen LogP contribution in [-0.2, 0) is 26.2 Å². The molecule has 0 bridgehead atoms. The average molecular weight is 456 g/mol. The van der Waals surface area contributed by atoms with Crippen LogP contribution in [0.4, 0.5) is 4.79 Å². The van der Waals surface area contributed by atoms with Gasteiger partial charge in [0.05, 0.1) is 6.10 Å². The minimum atomic E-state index is -1.19. The van der Waals surface area contributed by atoms with Gasteiger partial charge in [-0.3, -0.25) is 19.8 Å². The first-order chi connectivity index (χ1) is 15.4. The van der Waals surface area contributed by atoms with Gasteiger partial charge in [-0.15, -0.1) is 0 Å². The first-order valence-electron chi connectivity index (χ1n) is 11.5. The van der Waals surface area contributed by atoms with E-state index in [9.17, 15) is 14.4 Å². The number of methoxy groups -OCH3 is 1. The number of alkyl carbamates (subject to hydrolysis) is 1. The number of aliphatic imine (C=N–C) groups is 1. The highest BCUT2D eigenvalue weighted by atomic mass is 16.6. The summed E-state index contributed by atoms with van der Waals surface area (Å²) >= 11 is 0. The number of hydrogen-bond acceptors (Lipinski definition) is 6. The Labute approximate surface area is 194 Å². The van der Waals surface area contributed by atoms with Gasteiger partial charge in [-0.25, -0.2) is 9.79 Å². The predicted molar refractivity (Wildman–Crippen MR) is 123 cm³/mol. The molecule has 2 spiro atoms. The van der Waals surface area contributed by atoms with Crippen LogP contribution in [0.15, 0.2) is 23.2 Å². The maximum Gasteiger partial charge on any atom is 0.414 e. The van der Waals surface area contributed by atoms with Crippen LogP contribution in [-0.4, -0.2) is 54.5 Å². The first-order valence-corrected chi connectivity index (χ1v) is 11.5. The molecule has 1 unspecified atom stereocenters. The van der Waals surface area contributed by atoms with Gasteiger partial charge in [-0.05, 0) is 77.0 Å². The fourth-order valence-electron chi connectivity index (χ4n) is 5.63. The highest BCUT2D eigenvalue weighted by Crippen LogP contribution is 2.62. The second-order valence-corrected chi connectivity index (χ2v) is 10.5. The summed E-state index contributed by atoms with van der Waals surface area (Å²) < 4.78 is 11.0. The van der Waals surface area contributed by atoms with Crippen LogP contribution in [0.3, 0.4) is 0 Å². The molecule has 1 aromatic carbocycles. The number of benzene rings is 1. The lowest BCUT2D eigenvalue weighted by Crippen LogP contribution is -2.51. The molecule has 1 saturated carbocycles. The van der Waals surface area contributed by atoms with Crippen LogP contribution in [0.2, 0.25) is 0 Å². The van der Waals surface area contributed by atoms with Gasteiger partial charge in [-0.2, -0.15) is 0 Å². The largest absolute Gasteiger partial charge is 0.444 e. The molecule has 2 aliphatic carbocycles. The lowest BCUT2D eigenvalue weighted by molar-refractivity contribution is -0.137. The summed E-state index contributed by atoms with van der Waals surface area (Å²) in [5.74, 6) is -0.0840. The number of fused-ring (bicyclic) bond motifs is 3. The summed E-state index contributed by atoms with van der Waals surface area (Å²) in [6.45, 7) is 6.85. The van der Waals surface area contributed by atoms with Crippen molar-refractivity contribution in [1.29, 1.82) is 0 Å². The molecule has 1 fully saturated rings. The van der Waals surface area contributed by atoms with Crippen molar-refractivity contribution >= 4 is 23.7 Å². The summed E-state index contributed by atoms with van der Waals surface area (Å²) in [7, 11) is 3.34. The molecular weight excluding hydrogens is 422 g/mol. The van der Waals surface area contributed by atoms with Gasteiger partial charge in [0, 0.05) is 25.1 Å². The third-order valence-electron chi connectivity index (χ3n) is 7.24. The summed E-state index contributed by atoms with van der Waals surface area (Å²) in [4.78, 5) is 45.0. The van der Waals surface area contributed by atoms with Gasteiger partial charge in [0.15, 0.2) is 11.3 Å². The number of ether oxygens (including phenoxy) is 2. The Bertz CT molecular complexity index is 1030. The fourth-order valence-corrected chi connectivity index (χ4v) is 5.63. The van der Waals surface area contributed by atoms with Crippen LogP contribution in [0.1, 0.15) is 74.9 Å². The third-order valence-corrected chi connectivity index (χ3v) is 7.24. The van der Waals surface area contributed by atoms with Crippen LogP contribution in [0.25, 0.3) is 0 Å². The standard InChI is InChI=1S/C25H33N3O5/c1-15(29)16-7-8-17-14-24(11-9-18(32-6)10-12-24)25(19(17)13-16)20(30)28(5)21(27-25)26-22(31)33-23(2,3)4/h7-8,13,18H,9-12,14H2,1-6H3,(H,26,27,31). The lowest BCUT2D eigenvalue weighted by Gasteiger charge is -2.45. The number of hydrogen-bond donors (Lipinski definition) is 1. The van der Waals surface area contributed by atoms with Gasteiger partial charge in [-0.1, -0.05) is 12.1 Å². The van der Waals surface area contributed by atoms with Crippen LogP contribution in [0.5, 0.6) is 0 Å². The minimum Gasteiger partial charge on any atom is -0.444 e. The zero-order valence-electron chi connectivity index (χ0n) is 20.3. The molecule has 8 heteroatoms. The molecule has 1 aromatic rings. The number of carbonyl (C=O) groups is 3. The molecule has 4 rings (SSSR count). The number of guanidine groups is 1. The van der Waals surface area contributed by atoms with E-state index in [1.54, 1.807) is 34.9 Å². The SMILES string of the molecule is COC1CCC2(CC1)Cc1ccc(C(C)=O)cc1C21N=C(NC(=O)OC(C)(C)C)N(C)C1=O. The summed E-state index contributed by atoms with van der Waals surface area (Å²) in [5, 5.41) is 2.68. The lowest BCUT2D eigenvalue weighted by atomic mass is 9.61. The zero-order valence-corrected chi connectivity index (χ0v) is 20.3. The Hall–Kier alpha value is -2.74. The minimum absolute atomic E-state index is 0.0631. The molecule has 0 saturated heterocycles. The number of Topliss-reactive ketones (excluding diaryl/α,β-unsaturated/α-hetero) is 1. The van der Waals surface area contributed by atoms with Crippen molar-refractivity contribution in [1.82, 2.24) is 10.2 Å². The van der Waals surface area contributed by atoms with E-state index in [-0.39, 0.29) is 23.8 Å². The highest BCUT2D eigenvalue weighted by Gasteiger charge is 2.66. The molecule has 0 radical (unpaired) electrons. The Morgan fingerprint density at radius 2 is 1.88 bits per heavy atom. The van der Waals surface area contributed by atoms with Gasteiger partial charge in [0.2, 0.25) is 5.96 Å². The molecular formula is C25H33N3O5. The molecule has 1 N–H and O–H groups in total. The molecule has 3 aliphatic rings. The molecule has 0 aromatic heterocycles. The summed E-state index contributed by atoms with van der Waals surface area (Å²) in [6.07, 6.45) is 3.36. The van der Waals surface area contributed by atoms with Crippen molar-refractivity contribution in [2.24, 2.45) is 10.4 Å².